The van der Waals surface area contributed by atoms with Crippen molar-refractivity contribution in [3.63, 3.8) is 0 Å². The summed E-state index contributed by atoms with van der Waals surface area (Å²) in [4.78, 5) is 42.9. The fourth-order valence-electron chi connectivity index (χ4n) is 3.59. The summed E-state index contributed by atoms with van der Waals surface area (Å²) in [6, 6.07) is 22.4. The van der Waals surface area contributed by atoms with Gasteiger partial charge in [-0.2, -0.15) is 0 Å². The lowest BCUT2D eigenvalue weighted by molar-refractivity contribution is -0.118. The van der Waals surface area contributed by atoms with Crippen LogP contribution in [0.4, 0.5) is 11.4 Å². The number of aromatic nitrogens is 2. The average Bonchev–Trinajstić information content (AvgIpc) is 2.79. The van der Waals surface area contributed by atoms with Crippen LogP contribution in [0.3, 0.4) is 0 Å². The van der Waals surface area contributed by atoms with Crippen LogP contribution >= 0.6 is 0 Å². The average molecular weight is 426 g/mol. The first-order chi connectivity index (χ1) is 15.5. The largest absolute Gasteiger partial charge is 0.326 e. The van der Waals surface area contributed by atoms with Gasteiger partial charge in [-0.05, 0) is 37.3 Å². The van der Waals surface area contributed by atoms with E-state index in [0.717, 1.165) is 0 Å². The van der Waals surface area contributed by atoms with Crippen molar-refractivity contribution in [2.24, 2.45) is 0 Å². The monoisotopic (exact) mass is 426 g/mol. The maximum absolute atomic E-state index is 13.6. The van der Waals surface area contributed by atoms with Crippen molar-refractivity contribution in [3.8, 4) is 11.3 Å². The van der Waals surface area contributed by atoms with Gasteiger partial charge in [-0.3, -0.25) is 19.0 Å². The molecule has 0 spiro atoms. The predicted octanol–water partition coefficient (Wildman–Crippen LogP) is 4.22. The van der Waals surface area contributed by atoms with Crippen LogP contribution in [-0.4, -0.2) is 21.4 Å². The van der Waals surface area contributed by atoms with Crippen molar-refractivity contribution in [1.82, 2.24) is 9.55 Å². The fraction of sp³-hybridized carbons (Fsp3) is 0.120. The van der Waals surface area contributed by atoms with Gasteiger partial charge in [-0.1, -0.05) is 48.5 Å². The van der Waals surface area contributed by atoms with E-state index in [4.69, 9.17) is 0 Å². The van der Waals surface area contributed by atoms with E-state index in [-0.39, 0.29) is 17.5 Å². The summed E-state index contributed by atoms with van der Waals surface area (Å²) in [6.45, 7) is 3.08. The Morgan fingerprint density at radius 2 is 1.53 bits per heavy atom. The highest BCUT2D eigenvalue weighted by molar-refractivity contribution is 5.96. The standard InChI is InChI=1S/C25H22N4O3/c1-16(24(31)27-18-10-4-3-5-11-18)29-22-15-9-8-14-21(22)28-23(25(29)32)19-12-6-7-13-20(19)26-17(2)30/h3-16H,1-2H3,(H,26,30)(H,27,31). The van der Waals surface area contributed by atoms with Crippen LogP contribution in [-0.2, 0) is 9.59 Å². The van der Waals surface area contributed by atoms with Gasteiger partial charge >= 0.3 is 0 Å². The quantitative estimate of drug-likeness (QED) is 0.500. The van der Waals surface area contributed by atoms with E-state index in [0.29, 0.717) is 28.0 Å². The van der Waals surface area contributed by atoms with Crippen molar-refractivity contribution in [3.05, 3.63) is 89.2 Å². The van der Waals surface area contributed by atoms with Gasteiger partial charge < -0.3 is 10.6 Å². The molecule has 4 rings (SSSR count). The Hall–Kier alpha value is -4.26. The van der Waals surface area contributed by atoms with E-state index in [1.165, 1.54) is 11.5 Å². The minimum Gasteiger partial charge on any atom is -0.326 e. The van der Waals surface area contributed by atoms with Gasteiger partial charge in [0.05, 0.1) is 16.7 Å². The summed E-state index contributed by atoms with van der Waals surface area (Å²) in [7, 11) is 0. The van der Waals surface area contributed by atoms with Crippen molar-refractivity contribution in [2.75, 3.05) is 10.6 Å². The van der Waals surface area contributed by atoms with Crippen LogP contribution in [0, 0.1) is 0 Å². The molecular weight excluding hydrogens is 404 g/mol. The van der Waals surface area contributed by atoms with Crippen LogP contribution in [0.2, 0.25) is 0 Å². The van der Waals surface area contributed by atoms with Crippen LogP contribution in [0.25, 0.3) is 22.3 Å². The molecule has 2 amide bonds. The molecule has 4 aromatic rings. The second kappa shape index (κ2) is 8.85. The van der Waals surface area contributed by atoms with Crippen molar-refractivity contribution in [2.45, 2.75) is 19.9 Å². The summed E-state index contributed by atoms with van der Waals surface area (Å²) in [5.41, 5.74) is 2.47. The third-order valence-corrected chi connectivity index (χ3v) is 5.10. The number of carbonyl (C=O) groups is 2. The Bertz CT molecular complexity index is 1360. The molecular formula is C25H22N4O3. The minimum atomic E-state index is -0.803. The maximum atomic E-state index is 13.6. The van der Waals surface area contributed by atoms with Crippen molar-refractivity contribution < 1.29 is 9.59 Å². The van der Waals surface area contributed by atoms with E-state index < -0.39 is 11.6 Å². The summed E-state index contributed by atoms with van der Waals surface area (Å²) in [6.07, 6.45) is 0. The molecule has 7 nitrogen and oxygen atoms in total. The van der Waals surface area contributed by atoms with Gasteiger partial charge in [0.1, 0.15) is 11.7 Å². The third kappa shape index (κ3) is 4.13. The van der Waals surface area contributed by atoms with Crippen LogP contribution in [0.15, 0.2) is 83.7 Å². The first kappa shape index (κ1) is 21.0. The second-order valence-corrected chi connectivity index (χ2v) is 7.38. The molecule has 7 heteroatoms. The van der Waals surface area contributed by atoms with Gasteiger partial charge in [0.2, 0.25) is 11.8 Å². The smallest absolute Gasteiger partial charge is 0.278 e. The molecule has 160 valence electrons. The number of anilines is 2. The number of nitrogens with one attached hydrogen (secondary N) is 2. The molecule has 1 unspecified atom stereocenters. The second-order valence-electron chi connectivity index (χ2n) is 7.38. The molecule has 0 saturated heterocycles. The molecule has 0 aliphatic rings. The molecule has 0 aliphatic heterocycles. The summed E-state index contributed by atoms with van der Waals surface area (Å²) in [5, 5.41) is 5.60. The SMILES string of the molecule is CC(=O)Nc1ccccc1-c1nc2ccccc2n(C(C)C(=O)Nc2ccccc2)c1=O. The number of para-hydroxylation sites is 4. The van der Waals surface area contributed by atoms with Crippen LogP contribution < -0.4 is 16.2 Å². The fourth-order valence-corrected chi connectivity index (χ4v) is 3.59. The zero-order chi connectivity index (χ0) is 22.7. The number of fused-ring (bicyclic) bond motifs is 1. The highest BCUT2D eigenvalue weighted by Crippen LogP contribution is 2.27. The molecule has 2 N–H and O–H groups in total. The Morgan fingerprint density at radius 3 is 2.28 bits per heavy atom. The molecule has 1 atom stereocenters. The van der Waals surface area contributed by atoms with Crippen molar-refractivity contribution >= 4 is 34.2 Å². The highest BCUT2D eigenvalue weighted by Gasteiger charge is 2.23. The Morgan fingerprint density at radius 1 is 0.875 bits per heavy atom. The molecule has 0 radical (unpaired) electrons. The molecule has 0 bridgehead atoms. The molecule has 0 aliphatic carbocycles. The summed E-state index contributed by atoms with van der Waals surface area (Å²) >= 11 is 0. The number of carbonyl (C=O) groups excluding carboxylic acids is 2. The number of hydrogen-bond donors (Lipinski definition) is 2. The van der Waals surface area contributed by atoms with Gasteiger partial charge in [0, 0.05) is 18.2 Å². The first-order valence-corrected chi connectivity index (χ1v) is 10.2. The Labute approximate surface area is 184 Å². The van der Waals surface area contributed by atoms with Gasteiger partial charge in [0.25, 0.3) is 5.56 Å². The van der Waals surface area contributed by atoms with E-state index in [1.54, 1.807) is 61.5 Å². The van der Waals surface area contributed by atoms with E-state index in [9.17, 15) is 14.4 Å². The normalized spacial score (nSPS) is 11.7. The molecule has 0 fully saturated rings. The Kier molecular flexibility index (Phi) is 5.81. The number of hydrogen-bond acceptors (Lipinski definition) is 4. The highest BCUT2D eigenvalue weighted by atomic mass is 16.2. The minimum absolute atomic E-state index is 0.160. The topological polar surface area (TPSA) is 93.1 Å². The lowest BCUT2D eigenvalue weighted by atomic mass is 10.1. The molecule has 0 saturated carbocycles. The summed E-state index contributed by atoms with van der Waals surface area (Å²) in [5.74, 6) is -0.579. The molecule has 32 heavy (non-hydrogen) atoms. The lowest BCUT2D eigenvalue weighted by Crippen LogP contribution is -2.33. The van der Waals surface area contributed by atoms with Gasteiger partial charge in [-0.25, -0.2) is 4.98 Å². The van der Waals surface area contributed by atoms with Crippen LogP contribution in [0.1, 0.15) is 19.9 Å². The zero-order valence-corrected chi connectivity index (χ0v) is 17.7. The Balaban J connectivity index is 1.87. The predicted molar refractivity (Wildman–Crippen MR) is 126 cm³/mol. The number of rotatable bonds is 5. The van der Waals surface area contributed by atoms with Crippen molar-refractivity contribution in [1.29, 1.82) is 0 Å². The maximum Gasteiger partial charge on any atom is 0.278 e. The third-order valence-electron chi connectivity index (χ3n) is 5.10. The van der Waals surface area contributed by atoms with Gasteiger partial charge in [0.15, 0.2) is 0 Å². The summed E-state index contributed by atoms with van der Waals surface area (Å²) < 4.78 is 1.44. The lowest BCUT2D eigenvalue weighted by Gasteiger charge is -2.19. The number of benzene rings is 3. The number of nitrogens with zero attached hydrogens (tertiary/aromatic N) is 2. The van der Waals surface area contributed by atoms with Crippen LogP contribution in [0.5, 0.6) is 0 Å². The molecule has 1 aromatic heterocycles. The van der Waals surface area contributed by atoms with E-state index >= 15 is 0 Å². The number of amides is 2. The first-order valence-electron chi connectivity index (χ1n) is 10.2. The van der Waals surface area contributed by atoms with Gasteiger partial charge in [-0.15, -0.1) is 0 Å². The zero-order valence-electron chi connectivity index (χ0n) is 17.7. The van der Waals surface area contributed by atoms with E-state index in [1.807, 2.05) is 24.3 Å². The van der Waals surface area contributed by atoms with E-state index in [2.05, 4.69) is 15.6 Å². The molecule has 3 aromatic carbocycles. The molecule has 1 heterocycles.